The normalized spacial score (nSPS) is 15.3. The average Bonchev–Trinajstić information content (AvgIpc) is 2.28. The molecule has 15 heavy (non-hydrogen) atoms. The number of rotatable bonds is 2. The van der Waals surface area contributed by atoms with E-state index in [0.717, 1.165) is 18.4 Å². The molecular formula is C13H13NO. The Morgan fingerprint density at radius 2 is 2.13 bits per heavy atom. The van der Waals surface area contributed by atoms with E-state index in [-0.39, 0.29) is 6.04 Å². The van der Waals surface area contributed by atoms with Gasteiger partial charge in [-0.05, 0) is 35.8 Å². The molecule has 1 atom stereocenters. The Morgan fingerprint density at radius 1 is 1.33 bits per heavy atom. The lowest BCUT2D eigenvalue weighted by atomic mass is 9.99. The second kappa shape index (κ2) is 4.24. The minimum absolute atomic E-state index is 0.0970. The summed E-state index contributed by atoms with van der Waals surface area (Å²) in [6, 6.07) is 6.05. The van der Waals surface area contributed by atoms with Gasteiger partial charge in [0, 0.05) is 0 Å². The summed E-state index contributed by atoms with van der Waals surface area (Å²) in [6.45, 7) is 1.92. The van der Waals surface area contributed by atoms with Gasteiger partial charge >= 0.3 is 0 Å². The minimum Gasteiger partial charge on any atom is -0.211 e. The molecule has 0 aromatic heterocycles. The molecule has 0 bridgehead atoms. The molecule has 0 aliphatic heterocycles. The van der Waals surface area contributed by atoms with Crippen molar-refractivity contribution in [2.45, 2.75) is 25.8 Å². The lowest BCUT2D eigenvalue weighted by Gasteiger charge is -2.08. The van der Waals surface area contributed by atoms with Crippen LogP contribution in [0.15, 0.2) is 23.2 Å². The van der Waals surface area contributed by atoms with Gasteiger partial charge in [0.15, 0.2) is 0 Å². The number of aliphatic imine (C=N–C) groups is 1. The van der Waals surface area contributed by atoms with Crippen molar-refractivity contribution >= 4 is 18.2 Å². The summed E-state index contributed by atoms with van der Waals surface area (Å²) >= 11 is 0. The molecule has 2 rings (SSSR count). The highest BCUT2D eigenvalue weighted by Crippen LogP contribution is 2.11. The third-order valence-corrected chi connectivity index (χ3v) is 2.75. The van der Waals surface area contributed by atoms with Crippen molar-refractivity contribution in [1.29, 1.82) is 0 Å². The van der Waals surface area contributed by atoms with Crippen LogP contribution in [0.4, 0.5) is 0 Å². The maximum atomic E-state index is 10.2. The van der Waals surface area contributed by atoms with E-state index < -0.39 is 0 Å². The zero-order valence-electron chi connectivity index (χ0n) is 8.73. The fourth-order valence-electron chi connectivity index (χ4n) is 1.99. The van der Waals surface area contributed by atoms with Crippen molar-refractivity contribution in [3.8, 4) is 0 Å². The van der Waals surface area contributed by atoms with Gasteiger partial charge in [-0.25, -0.2) is 4.79 Å². The van der Waals surface area contributed by atoms with E-state index in [4.69, 9.17) is 0 Å². The number of benzene rings is 1. The van der Waals surface area contributed by atoms with Crippen molar-refractivity contribution in [1.82, 2.24) is 0 Å². The van der Waals surface area contributed by atoms with Gasteiger partial charge in [0.25, 0.3) is 0 Å². The van der Waals surface area contributed by atoms with Crippen molar-refractivity contribution in [2.75, 3.05) is 0 Å². The van der Waals surface area contributed by atoms with Crippen LogP contribution in [0.25, 0.3) is 12.2 Å². The fourth-order valence-corrected chi connectivity index (χ4v) is 1.99. The second-order valence-electron chi connectivity index (χ2n) is 3.73. The predicted octanol–water partition coefficient (Wildman–Crippen LogP) is 1.44. The van der Waals surface area contributed by atoms with Gasteiger partial charge in [0.05, 0.1) is 6.04 Å². The largest absolute Gasteiger partial charge is 0.235 e. The Bertz CT molecular complexity index is 524. The highest BCUT2D eigenvalue weighted by molar-refractivity contribution is 5.43. The van der Waals surface area contributed by atoms with Crippen molar-refractivity contribution in [3.63, 3.8) is 0 Å². The number of carbonyl (C=O) groups excluding carboxylic acids is 1. The van der Waals surface area contributed by atoms with Gasteiger partial charge in [-0.2, -0.15) is 4.99 Å². The molecule has 2 heteroatoms. The van der Waals surface area contributed by atoms with Gasteiger partial charge in [0.1, 0.15) is 0 Å². The standard InChI is InChI=1S/C13H13NO/c1-10(14-9-15)12-8-4-6-11-5-2-3-7-13(11)12/h4-8,10H,2-3H2,1H3/t10-/m0/s1. The highest BCUT2D eigenvalue weighted by atomic mass is 16.1. The number of hydrogen-bond acceptors (Lipinski definition) is 2. The Kier molecular flexibility index (Phi) is 2.79. The molecule has 0 N–H and O–H groups in total. The Labute approximate surface area is 88.7 Å². The third kappa shape index (κ3) is 1.90. The first-order chi connectivity index (χ1) is 7.33. The van der Waals surface area contributed by atoms with Crippen LogP contribution in [-0.2, 0) is 4.79 Å². The van der Waals surface area contributed by atoms with Gasteiger partial charge in [-0.1, -0.05) is 30.4 Å². The molecule has 1 aromatic carbocycles. The molecule has 0 saturated carbocycles. The quantitative estimate of drug-likeness (QED) is 0.523. The SMILES string of the molecule is C[C@H](N=C=O)c1cccc2c1=CCCC=2. The first kappa shape index (κ1) is 9.88. The van der Waals surface area contributed by atoms with Crippen LogP contribution in [0.1, 0.15) is 31.4 Å². The maximum absolute atomic E-state index is 10.2. The zero-order valence-corrected chi connectivity index (χ0v) is 8.73. The summed E-state index contributed by atoms with van der Waals surface area (Å²) < 4.78 is 0. The van der Waals surface area contributed by atoms with Crippen molar-refractivity contribution in [3.05, 3.63) is 34.2 Å². The lowest BCUT2D eigenvalue weighted by molar-refractivity contribution is 0.559. The van der Waals surface area contributed by atoms with Crippen LogP contribution < -0.4 is 10.4 Å². The Morgan fingerprint density at radius 3 is 2.93 bits per heavy atom. The van der Waals surface area contributed by atoms with E-state index >= 15 is 0 Å². The summed E-state index contributed by atoms with van der Waals surface area (Å²) in [6.07, 6.45) is 8.25. The number of hydrogen-bond donors (Lipinski definition) is 0. The summed E-state index contributed by atoms with van der Waals surface area (Å²) in [5.41, 5.74) is 1.12. The van der Waals surface area contributed by atoms with E-state index in [1.54, 1.807) is 6.08 Å². The number of isocyanates is 1. The molecule has 0 spiro atoms. The topological polar surface area (TPSA) is 29.4 Å². The van der Waals surface area contributed by atoms with E-state index in [2.05, 4.69) is 23.2 Å². The third-order valence-electron chi connectivity index (χ3n) is 2.75. The lowest BCUT2D eigenvalue weighted by Crippen LogP contribution is -2.30. The van der Waals surface area contributed by atoms with E-state index in [0.29, 0.717) is 0 Å². The number of fused-ring (bicyclic) bond motifs is 1. The van der Waals surface area contributed by atoms with Crippen molar-refractivity contribution < 1.29 is 4.79 Å². The molecule has 0 radical (unpaired) electrons. The van der Waals surface area contributed by atoms with E-state index in [1.165, 1.54) is 10.4 Å². The summed E-state index contributed by atoms with van der Waals surface area (Å²) in [4.78, 5) is 14.0. The number of nitrogens with zero attached hydrogens (tertiary/aromatic N) is 1. The molecule has 1 aliphatic carbocycles. The predicted molar refractivity (Wildman–Crippen MR) is 60.4 cm³/mol. The van der Waals surface area contributed by atoms with Gasteiger partial charge in [-0.15, -0.1) is 0 Å². The molecule has 0 unspecified atom stereocenters. The van der Waals surface area contributed by atoms with Crippen LogP contribution in [0.5, 0.6) is 0 Å². The van der Waals surface area contributed by atoms with Gasteiger partial charge in [-0.3, -0.25) is 0 Å². The summed E-state index contributed by atoms with van der Waals surface area (Å²) in [5.74, 6) is 0. The van der Waals surface area contributed by atoms with Crippen LogP contribution in [-0.4, -0.2) is 6.08 Å². The minimum atomic E-state index is -0.0970. The van der Waals surface area contributed by atoms with Crippen LogP contribution in [0.3, 0.4) is 0 Å². The molecule has 0 saturated heterocycles. The zero-order chi connectivity index (χ0) is 10.7. The van der Waals surface area contributed by atoms with E-state index in [9.17, 15) is 4.79 Å². The monoisotopic (exact) mass is 199 g/mol. The molecule has 76 valence electrons. The van der Waals surface area contributed by atoms with Crippen LogP contribution >= 0.6 is 0 Å². The van der Waals surface area contributed by atoms with E-state index in [1.807, 2.05) is 19.1 Å². The molecule has 0 amide bonds. The first-order valence-corrected chi connectivity index (χ1v) is 5.19. The first-order valence-electron chi connectivity index (χ1n) is 5.19. The molecule has 2 nitrogen and oxygen atoms in total. The molecule has 1 aromatic rings. The van der Waals surface area contributed by atoms with Crippen molar-refractivity contribution in [2.24, 2.45) is 4.99 Å². The van der Waals surface area contributed by atoms with Crippen LogP contribution in [0, 0.1) is 0 Å². The molecule has 0 heterocycles. The van der Waals surface area contributed by atoms with Gasteiger partial charge < -0.3 is 0 Å². The smallest absolute Gasteiger partial charge is 0.211 e. The Hall–Kier alpha value is -1.66. The van der Waals surface area contributed by atoms with Gasteiger partial charge in [0.2, 0.25) is 6.08 Å². The summed E-state index contributed by atoms with van der Waals surface area (Å²) in [5, 5.41) is 2.49. The summed E-state index contributed by atoms with van der Waals surface area (Å²) in [7, 11) is 0. The van der Waals surface area contributed by atoms with Crippen LogP contribution in [0.2, 0.25) is 0 Å². The molecular weight excluding hydrogens is 186 g/mol. The molecule has 0 fully saturated rings. The fraction of sp³-hybridized carbons (Fsp3) is 0.308. The second-order valence-corrected chi connectivity index (χ2v) is 3.73. The molecule has 1 aliphatic rings. The maximum Gasteiger partial charge on any atom is 0.235 e. The Balaban J connectivity index is 2.64. The average molecular weight is 199 g/mol. The highest BCUT2D eigenvalue weighted by Gasteiger charge is 2.06.